The topological polar surface area (TPSA) is 41.6 Å². The maximum Gasteiger partial charge on any atom is 0.330 e. The molecule has 1 rings (SSSR count). The number of rotatable bonds is 5. The lowest BCUT2D eigenvalue weighted by Gasteiger charge is -2.29. The standard InChI is InChI=1S/C12H22N2O2/c1-3-16-12(15)5-4-8-13-11-6-9-14(2)10-7-11/h4-5,11,13H,3,6-10H2,1-2H3/b5-4+. The first-order valence-electron chi connectivity index (χ1n) is 5.97. The Balaban J connectivity index is 2.08. The van der Waals surface area contributed by atoms with Crippen LogP contribution in [0.2, 0.25) is 0 Å². The third-order valence-electron chi connectivity index (χ3n) is 2.78. The summed E-state index contributed by atoms with van der Waals surface area (Å²) in [5.74, 6) is -0.257. The highest BCUT2D eigenvalue weighted by atomic mass is 16.5. The first kappa shape index (κ1) is 13.2. The molecule has 0 aromatic carbocycles. The van der Waals surface area contributed by atoms with E-state index in [-0.39, 0.29) is 5.97 Å². The fourth-order valence-electron chi connectivity index (χ4n) is 1.79. The van der Waals surface area contributed by atoms with Crippen LogP contribution in [-0.4, -0.2) is 50.2 Å². The summed E-state index contributed by atoms with van der Waals surface area (Å²) >= 11 is 0. The number of likely N-dealkylation sites (tertiary alicyclic amines) is 1. The fourth-order valence-corrected chi connectivity index (χ4v) is 1.79. The molecule has 0 amide bonds. The number of nitrogens with zero attached hydrogens (tertiary/aromatic N) is 1. The zero-order valence-corrected chi connectivity index (χ0v) is 10.2. The number of esters is 1. The molecule has 0 radical (unpaired) electrons. The summed E-state index contributed by atoms with van der Waals surface area (Å²) in [6.07, 6.45) is 5.69. The van der Waals surface area contributed by atoms with E-state index >= 15 is 0 Å². The predicted molar refractivity (Wildman–Crippen MR) is 64.3 cm³/mol. The number of nitrogens with one attached hydrogen (secondary N) is 1. The van der Waals surface area contributed by atoms with Gasteiger partial charge in [0.25, 0.3) is 0 Å². The van der Waals surface area contributed by atoms with Crippen LogP contribution >= 0.6 is 0 Å². The summed E-state index contributed by atoms with van der Waals surface area (Å²) in [5.41, 5.74) is 0. The Morgan fingerprint density at radius 2 is 2.19 bits per heavy atom. The smallest absolute Gasteiger partial charge is 0.330 e. The third kappa shape index (κ3) is 5.28. The van der Waals surface area contributed by atoms with E-state index < -0.39 is 0 Å². The van der Waals surface area contributed by atoms with Crippen LogP contribution in [0.3, 0.4) is 0 Å². The van der Waals surface area contributed by atoms with Gasteiger partial charge in [-0.2, -0.15) is 0 Å². The average Bonchev–Trinajstić information content (AvgIpc) is 2.27. The second-order valence-electron chi connectivity index (χ2n) is 4.14. The maximum atomic E-state index is 11.0. The highest BCUT2D eigenvalue weighted by molar-refractivity contribution is 5.81. The van der Waals surface area contributed by atoms with E-state index in [2.05, 4.69) is 17.3 Å². The zero-order valence-electron chi connectivity index (χ0n) is 10.2. The molecule has 0 bridgehead atoms. The Hall–Kier alpha value is -0.870. The molecule has 0 aliphatic carbocycles. The van der Waals surface area contributed by atoms with Crippen LogP contribution in [0.15, 0.2) is 12.2 Å². The van der Waals surface area contributed by atoms with E-state index in [0.29, 0.717) is 12.6 Å². The van der Waals surface area contributed by atoms with Crippen molar-refractivity contribution in [3.63, 3.8) is 0 Å². The van der Waals surface area contributed by atoms with Crippen LogP contribution in [-0.2, 0) is 9.53 Å². The lowest BCUT2D eigenvalue weighted by molar-refractivity contribution is -0.137. The molecule has 1 N–H and O–H groups in total. The number of carbonyl (C=O) groups is 1. The highest BCUT2D eigenvalue weighted by Crippen LogP contribution is 2.07. The normalized spacial score (nSPS) is 19.1. The van der Waals surface area contributed by atoms with Crippen LogP contribution in [0.4, 0.5) is 0 Å². The van der Waals surface area contributed by atoms with Gasteiger partial charge in [-0.05, 0) is 39.9 Å². The second kappa shape index (κ2) is 7.41. The quantitative estimate of drug-likeness (QED) is 0.556. The molecular formula is C12H22N2O2. The molecule has 0 atom stereocenters. The molecule has 0 aromatic heterocycles. The fraction of sp³-hybridized carbons (Fsp3) is 0.750. The van der Waals surface area contributed by atoms with Crippen molar-refractivity contribution in [1.29, 1.82) is 0 Å². The molecule has 1 aliphatic rings. The van der Waals surface area contributed by atoms with E-state index in [1.807, 2.05) is 13.0 Å². The Bertz CT molecular complexity index is 233. The molecule has 1 aliphatic heterocycles. The van der Waals surface area contributed by atoms with Crippen molar-refractivity contribution in [2.75, 3.05) is 33.3 Å². The predicted octanol–water partition coefficient (Wildman–Crippen LogP) is 0.790. The van der Waals surface area contributed by atoms with Crippen molar-refractivity contribution in [3.8, 4) is 0 Å². The van der Waals surface area contributed by atoms with Crippen molar-refractivity contribution < 1.29 is 9.53 Å². The Morgan fingerprint density at radius 3 is 2.81 bits per heavy atom. The van der Waals surface area contributed by atoms with Gasteiger partial charge in [-0.15, -0.1) is 0 Å². The lowest BCUT2D eigenvalue weighted by Crippen LogP contribution is -2.40. The maximum absolute atomic E-state index is 11.0. The van der Waals surface area contributed by atoms with Crippen molar-refractivity contribution in [2.24, 2.45) is 0 Å². The first-order valence-corrected chi connectivity index (χ1v) is 5.97. The van der Waals surface area contributed by atoms with Crippen molar-refractivity contribution in [2.45, 2.75) is 25.8 Å². The van der Waals surface area contributed by atoms with Crippen LogP contribution in [0, 0.1) is 0 Å². The van der Waals surface area contributed by atoms with E-state index in [4.69, 9.17) is 4.74 Å². The van der Waals surface area contributed by atoms with Gasteiger partial charge >= 0.3 is 5.97 Å². The summed E-state index contributed by atoms with van der Waals surface area (Å²) in [5, 5.41) is 3.42. The molecule has 0 unspecified atom stereocenters. The summed E-state index contributed by atoms with van der Waals surface area (Å²) in [7, 11) is 2.15. The van der Waals surface area contributed by atoms with Crippen LogP contribution in [0.25, 0.3) is 0 Å². The molecule has 4 heteroatoms. The van der Waals surface area contributed by atoms with Crippen molar-refractivity contribution in [3.05, 3.63) is 12.2 Å². The van der Waals surface area contributed by atoms with E-state index in [1.54, 1.807) is 0 Å². The molecule has 0 saturated carbocycles. The minimum Gasteiger partial charge on any atom is -0.463 e. The third-order valence-corrected chi connectivity index (χ3v) is 2.78. The number of carbonyl (C=O) groups excluding carboxylic acids is 1. The molecule has 0 aromatic rings. The van der Waals surface area contributed by atoms with Crippen LogP contribution in [0.1, 0.15) is 19.8 Å². The molecule has 16 heavy (non-hydrogen) atoms. The van der Waals surface area contributed by atoms with Gasteiger partial charge in [0.2, 0.25) is 0 Å². The SMILES string of the molecule is CCOC(=O)/C=C/CNC1CCN(C)CC1. The van der Waals surface area contributed by atoms with Crippen molar-refractivity contribution in [1.82, 2.24) is 10.2 Å². The average molecular weight is 226 g/mol. The van der Waals surface area contributed by atoms with Gasteiger partial charge in [-0.25, -0.2) is 4.79 Å². The molecule has 0 spiro atoms. The second-order valence-corrected chi connectivity index (χ2v) is 4.14. The monoisotopic (exact) mass is 226 g/mol. The molecular weight excluding hydrogens is 204 g/mol. The van der Waals surface area contributed by atoms with E-state index in [9.17, 15) is 4.79 Å². The Morgan fingerprint density at radius 1 is 1.50 bits per heavy atom. The molecule has 92 valence electrons. The largest absolute Gasteiger partial charge is 0.463 e. The highest BCUT2D eigenvalue weighted by Gasteiger charge is 2.14. The summed E-state index contributed by atoms with van der Waals surface area (Å²) in [4.78, 5) is 13.3. The number of hydrogen-bond donors (Lipinski definition) is 1. The Kier molecular flexibility index (Phi) is 6.11. The molecule has 1 saturated heterocycles. The van der Waals surface area contributed by atoms with E-state index in [0.717, 1.165) is 19.6 Å². The van der Waals surface area contributed by atoms with Gasteiger partial charge in [-0.1, -0.05) is 6.08 Å². The van der Waals surface area contributed by atoms with Gasteiger partial charge in [0, 0.05) is 18.7 Å². The van der Waals surface area contributed by atoms with Gasteiger partial charge in [0.05, 0.1) is 6.61 Å². The van der Waals surface area contributed by atoms with E-state index in [1.165, 1.54) is 18.9 Å². The Labute approximate surface area is 97.6 Å². The molecule has 1 heterocycles. The van der Waals surface area contributed by atoms with Crippen LogP contribution in [0.5, 0.6) is 0 Å². The van der Waals surface area contributed by atoms with Gasteiger partial charge in [0.15, 0.2) is 0 Å². The van der Waals surface area contributed by atoms with Crippen molar-refractivity contribution >= 4 is 5.97 Å². The van der Waals surface area contributed by atoms with Gasteiger partial charge in [0.1, 0.15) is 0 Å². The minimum atomic E-state index is -0.257. The first-order chi connectivity index (χ1) is 7.72. The number of hydrogen-bond acceptors (Lipinski definition) is 4. The summed E-state index contributed by atoms with van der Waals surface area (Å²) in [6.45, 7) is 5.29. The van der Waals surface area contributed by atoms with Gasteiger partial charge < -0.3 is 15.0 Å². The lowest BCUT2D eigenvalue weighted by atomic mass is 10.1. The summed E-state index contributed by atoms with van der Waals surface area (Å²) < 4.78 is 4.79. The minimum absolute atomic E-state index is 0.257. The molecule has 4 nitrogen and oxygen atoms in total. The van der Waals surface area contributed by atoms with Crippen LogP contribution < -0.4 is 5.32 Å². The number of piperidine rings is 1. The van der Waals surface area contributed by atoms with Gasteiger partial charge in [-0.3, -0.25) is 0 Å². The molecule has 1 fully saturated rings. The summed E-state index contributed by atoms with van der Waals surface area (Å²) in [6, 6.07) is 0.586. The number of ether oxygens (including phenoxy) is 1. The zero-order chi connectivity index (χ0) is 11.8.